The third-order valence-corrected chi connectivity index (χ3v) is 4.31. The van der Waals surface area contributed by atoms with Crippen LogP contribution in [0.2, 0.25) is 0 Å². The molecule has 0 saturated carbocycles. The molecule has 1 unspecified atom stereocenters. The Bertz CT molecular complexity index is 676. The topological polar surface area (TPSA) is 66.4 Å². The number of nitrogens with one attached hydrogen (secondary N) is 1. The first-order chi connectivity index (χ1) is 12.1. The second-order valence-electron chi connectivity index (χ2n) is 6.56. The normalized spacial score (nSPS) is 18.0. The van der Waals surface area contributed by atoms with Crippen LogP contribution in [0.5, 0.6) is 5.88 Å². The summed E-state index contributed by atoms with van der Waals surface area (Å²) in [5, 5.41) is 3.56. The monoisotopic (exact) mass is 342 g/mol. The Hall–Kier alpha value is -2.41. The van der Waals surface area contributed by atoms with Gasteiger partial charge in [-0.25, -0.2) is 9.97 Å². The maximum absolute atomic E-state index is 5.12. The van der Waals surface area contributed by atoms with Crippen LogP contribution in [0.15, 0.2) is 30.6 Å². The summed E-state index contributed by atoms with van der Waals surface area (Å²) in [5.74, 6) is 2.26. The smallest absolute Gasteiger partial charge is 0.226 e. The Morgan fingerprint density at radius 1 is 1.28 bits per heavy atom. The van der Waals surface area contributed by atoms with E-state index in [0.717, 1.165) is 37.8 Å². The number of anilines is 2. The Morgan fingerprint density at radius 3 is 2.88 bits per heavy atom. The van der Waals surface area contributed by atoms with Gasteiger partial charge in [-0.3, -0.25) is 4.90 Å². The number of pyridine rings is 1. The summed E-state index contributed by atoms with van der Waals surface area (Å²) in [4.78, 5) is 17.5. The molecular weight excluding hydrogens is 316 g/mol. The maximum Gasteiger partial charge on any atom is 0.226 e. The standard InChI is InChI=1S/C18H26N6O/c1-23(2)18-19-9-8-16(22-18)21-15-5-4-10-24(13-15)12-14-6-7-17(25-3)20-11-14/h6-9,11,15H,4-5,10,12-13H2,1-3H3,(H,19,21,22). The highest BCUT2D eigenvalue weighted by molar-refractivity contribution is 5.41. The van der Waals surface area contributed by atoms with Gasteiger partial charge in [-0.2, -0.15) is 4.98 Å². The van der Waals surface area contributed by atoms with Gasteiger partial charge in [0, 0.05) is 51.7 Å². The number of aromatic nitrogens is 3. The molecule has 0 bridgehead atoms. The fourth-order valence-corrected chi connectivity index (χ4v) is 3.05. The zero-order chi connectivity index (χ0) is 17.6. The van der Waals surface area contributed by atoms with Crippen LogP contribution in [0.3, 0.4) is 0 Å². The highest BCUT2D eigenvalue weighted by Crippen LogP contribution is 2.18. The van der Waals surface area contributed by atoms with Gasteiger partial charge < -0.3 is 15.0 Å². The van der Waals surface area contributed by atoms with Crippen molar-refractivity contribution >= 4 is 11.8 Å². The zero-order valence-corrected chi connectivity index (χ0v) is 15.1. The average Bonchev–Trinajstić information content (AvgIpc) is 2.63. The molecule has 25 heavy (non-hydrogen) atoms. The lowest BCUT2D eigenvalue weighted by atomic mass is 10.1. The third kappa shape index (κ3) is 4.79. The van der Waals surface area contributed by atoms with Crippen molar-refractivity contribution in [3.8, 4) is 5.88 Å². The predicted molar refractivity (Wildman–Crippen MR) is 99.1 cm³/mol. The minimum atomic E-state index is 0.393. The van der Waals surface area contributed by atoms with E-state index in [9.17, 15) is 0 Å². The number of rotatable bonds is 6. The number of methoxy groups -OCH3 is 1. The summed E-state index contributed by atoms with van der Waals surface area (Å²) in [6.07, 6.45) is 6.02. The molecule has 1 aliphatic heterocycles. The van der Waals surface area contributed by atoms with Gasteiger partial charge >= 0.3 is 0 Å². The van der Waals surface area contributed by atoms with Crippen LogP contribution in [0, 0.1) is 0 Å². The van der Waals surface area contributed by atoms with E-state index in [1.54, 1.807) is 13.3 Å². The molecule has 0 spiro atoms. The number of ether oxygens (including phenoxy) is 1. The number of nitrogens with zero attached hydrogens (tertiary/aromatic N) is 5. The number of hydrogen-bond donors (Lipinski definition) is 1. The van der Waals surface area contributed by atoms with Crippen molar-refractivity contribution in [2.75, 3.05) is 44.5 Å². The van der Waals surface area contributed by atoms with Gasteiger partial charge in [0.25, 0.3) is 0 Å². The molecule has 0 amide bonds. The lowest BCUT2D eigenvalue weighted by Gasteiger charge is -2.33. The molecule has 0 radical (unpaired) electrons. The minimum absolute atomic E-state index is 0.393. The van der Waals surface area contributed by atoms with Crippen LogP contribution >= 0.6 is 0 Å². The fourth-order valence-electron chi connectivity index (χ4n) is 3.05. The van der Waals surface area contributed by atoms with Gasteiger partial charge in [-0.1, -0.05) is 6.07 Å². The Morgan fingerprint density at radius 2 is 2.16 bits per heavy atom. The summed E-state index contributed by atoms with van der Waals surface area (Å²) in [5.41, 5.74) is 1.21. The first-order valence-electron chi connectivity index (χ1n) is 8.62. The van der Waals surface area contributed by atoms with Crippen molar-refractivity contribution in [3.05, 3.63) is 36.2 Å². The molecule has 1 atom stereocenters. The van der Waals surface area contributed by atoms with Crippen molar-refractivity contribution in [2.24, 2.45) is 0 Å². The molecule has 2 aromatic heterocycles. The van der Waals surface area contributed by atoms with E-state index in [0.29, 0.717) is 11.9 Å². The Kier molecular flexibility index (Phi) is 5.65. The zero-order valence-electron chi connectivity index (χ0n) is 15.1. The lowest BCUT2D eigenvalue weighted by Crippen LogP contribution is -2.41. The van der Waals surface area contributed by atoms with Gasteiger partial charge in [0.2, 0.25) is 11.8 Å². The van der Waals surface area contributed by atoms with E-state index in [2.05, 4.69) is 31.2 Å². The summed E-state index contributed by atoms with van der Waals surface area (Å²) >= 11 is 0. The highest BCUT2D eigenvalue weighted by Gasteiger charge is 2.20. The summed E-state index contributed by atoms with van der Waals surface area (Å²) in [7, 11) is 5.53. The first-order valence-corrected chi connectivity index (χ1v) is 8.62. The molecule has 7 heteroatoms. The number of piperidine rings is 1. The van der Waals surface area contributed by atoms with Crippen molar-refractivity contribution in [1.29, 1.82) is 0 Å². The highest BCUT2D eigenvalue weighted by atomic mass is 16.5. The molecule has 3 heterocycles. The van der Waals surface area contributed by atoms with E-state index in [-0.39, 0.29) is 0 Å². The molecule has 0 aliphatic carbocycles. The van der Waals surface area contributed by atoms with Crippen LogP contribution in [0.1, 0.15) is 18.4 Å². The van der Waals surface area contributed by atoms with Gasteiger partial charge in [-0.15, -0.1) is 0 Å². The molecule has 3 rings (SSSR count). The molecule has 7 nitrogen and oxygen atoms in total. The quantitative estimate of drug-likeness (QED) is 0.861. The predicted octanol–water partition coefficient (Wildman–Crippen LogP) is 2.02. The van der Waals surface area contributed by atoms with Gasteiger partial charge in [0.15, 0.2) is 0 Å². The molecule has 1 saturated heterocycles. The van der Waals surface area contributed by atoms with Crippen molar-refractivity contribution < 1.29 is 4.74 Å². The van der Waals surface area contributed by atoms with Crippen LogP contribution < -0.4 is 15.0 Å². The summed E-state index contributed by atoms with van der Waals surface area (Å²) in [6.45, 7) is 3.01. The molecule has 0 aromatic carbocycles. The van der Waals surface area contributed by atoms with E-state index in [4.69, 9.17) is 4.74 Å². The van der Waals surface area contributed by atoms with Crippen molar-refractivity contribution in [1.82, 2.24) is 19.9 Å². The van der Waals surface area contributed by atoms with Gasteiger partial charge in [-0.05, 0) is 31.0 Å². The SMILES string of the molecule is COc1ccc(CN2CCCC(Nc3ccnc(N(C)C)n3)C2)cn1. The Balaban J connectivity index is 1.58. The number of likely N-dealkylation sites (tertiary alicyclic amines) is 1. The lowest BCUT2D eigenvalue weighted by molar-refractivity contribution is 0.208. The summed E-state index contributed by atoms with van der Waals surface area (Å²) < 4.78 is 5.12. The number of hydrogen-bond acceptors (Lipinski definition) is 7. The van der Waals surface area contributed by atoms with Crippen LogP contribution in [0.4, 0.5) is 11.8 Å². The van der Waals surface area contributed by atoms with E-state index < -0.39 is 0 Å². The van der Waals surface area contributed by atoms with E-state index in [1.165, 1.54) is 12.0 Å². The van der Waals surface area contributed by atoms with Crippen LogP contribution in [0.25, 0.3) is 0 Å². The molecule has 2 aromatic rings. The van der Waals surface area contributed by atoms with Crippen LogP contribution in [-0.4, -0.2) is 60.2 Å². The molecule has 1 N–H and O–H groups in total. The van der Waals surface area contributed by atoms with Crippen molar-refractivity contribution in [2.45, 2.75) is 25.4 Å². The van der Waals surface area contributed by atoms with E-state index >= 15 is 0 Å². The second-order valence-corrected chi connectivity index (χ2v) is 6.56. The fraction of sp³-hybridized carbons (Fsp3) is 0.500. The van der Waals surface area contributed by atoms with Crippen LogP contribution in [-0.2, 0) is 6.54 Å². The van der Waals surface area contributed by atoms with E-state index in [1.807, 2.05) is 37.3 Å². The maximum atomic E-state index is 5.12. The molecular formula is C18H26N6O. The van der Waals surface area contributed by atoms with Crippen molar-refractivity contribution in [3.63, 3.8) is 0 Å². The average molecular weight is 342 g/mol. The third-order valence-electron chi connectivity index (χ3n) is 4.31. The first kappa shape index (κ1) is 17.4. The van der Waals surface area contributed by atoms with Gasteiger partial charge in [0.05, 0.1) is 7.11 Å². The van der Waals surface area contributed by atoms with Gasteiger partial charge in [0.1, 0.15) is 5.82 Å². The second kappa shape index (κ2) is 8.11. The minimum Gasteiger partial charge on any atom is -0.481 e. The molecule has 1 fully saturated rings. The molecule has 134 valence electrons. The Labute approximate surface area is 149 Å². The molecule has 1 aliphatic rings. The largest absolute Gasteiger partial charge is 0.481 e. The summed E-state index contributed by atoms with van der Waals surface area (Å²) in [6, 6.07) is 6.32.